The molecule has 0 saturated carbocycles. The number of rotatable bonds is 5. The summed E-state index contributed by atoms with van der Waals surface area (Å²) in [6.07, 6.45) is 0.300. The second-order valence-electron chi connectivity index (χ2n) is 4.08. The molecule has 1 atom stereocenters. The van der Waals surface area contributed by atoms with E-state index in [4.69, 9.17) is 5.11 Å². The van der Waals surface area contributed by atoms with Crippen molar-refractivity contribution >= 4 is 27.7 Å². The first-order valence-electron chi connectivity index (χ1n) is 5.39. The van der Waals surface area contributed by atoms with Gasteiger partial charge in [-0.05, 0) is 31.9 Å². The lowest BCUT2D eigenvalue weighted by molar-refractivity contribution is -0.137. The van der Waals surface area contributed by atoms with Crippen molar-refractivity contribution in [3.8, 4) is 0 Å². The van der Waals surface area contributed by atoms with Gasteiger partial charge in [-0.15, -0.1) is 0 Å². The van der Waals surface area contributed by atoms with Crippen molar-refractivity contribution in [2.24, 2.45) is 0 Å². The molecule has 0 radical (unpaired) electrons. The van der Waals surface area contributed by atoms with Gasteiger partial charge in [-0.25, -0.2) is 0 Å². The fourth-order valence-electron chi connectivity index (χ4n) is 1.55. The Morgan fingerprint density at radius 2 is 2.00 bits per heavy atom. The van der Waals surface area contributed by atoms with Crippen molar-refractivity contribution in [1.29, 1.82) is 0 Å². The molecule has 0 aliphatic carbocycles. The summed E-state index contributed by atoms with van der Waals surface area (Å²) >= 11 is 3.25. The molecule has 3 nitrogen and oxygen atoms in total. The minimum Gasteiger partial charge on any atom is -0.481 e. The van der Waals surface area contributed by atoms with Gasteiger partial charge in [0.2, 0.25) is 0 Å². The van der Waals surface area contributed by atoms with Gasteiger partial charge in [-0.3, -0.25) is 9.59 Å². The summed E-state index contributed by atoms with van der Waals surface area (Å²) in [5, 5.41) is 8.58. The summed E-state index contributed by atoms with van der Waals surface area (Å²) in [4.78, 5) is 22.1. The van der Waals surface area contributed by atoms with Crippen molar-refractivity contribution in [2.75, 3.05) is 0 Å². The number of Topliss-reactive ketones (excluding diaryl/α,β-unsaturated/α-hetero) is 1. The monoisotopic (exact) mass is 298 g/mol. The largest absolute Gasteiger partial charge is 0.481 e. The summed E-state index contributed by atoms with van der Waals surface area (Å²) < 4.78 is 0. The van der Waals surface area contributed by atoms with Crippen LogP contribution < -0.4 is 0 Å². The number of carbonyl (C=O) groups is 2. The molecule has 92 valence electrons. The molecule has 0 saturated heterocycles. The fourth-order valence-corrected chi connectivity index (χ4v) is 2.03. The maximum absolute atomic E-state index is 12.1. The molecule has 0 heterocycles. The van der Waals surface area contributed by atoms with E-state index >= 15 is 0 Å². The van der Waals surface area contributed by atoms with Crippen LogP contribution in [-0.2, 0) is 4.79 Å². The van der Waals surface area contributed by atoms with Gasteiger partial charge in [-0.2, -0.15) is 0 Å². The number of alkyl halides is 1. The first kappa shape index (κ1) is 13.9. The smallest absolute Gasteiger partial charge is 0.303 e. The lowest BCUT2D eigenvalue weighted by Crippen LogP contribution is -2.17. The van der Waals surface area contributed by atoms with Crippen LogP contribution in [0.2, 0.25) is 0 Å². The second-order valence-corrected chi connectivity index (χ2v) is 5.19. The van der Waals surface area contributed by atoms with E-state index in [0.717, 1.165) is 11.1 Å². The minimum absolute atomic E-state index is 0.00742. The summed E-state index contributed by atoms with van der Waals surface area (Å²) in [6, 6.07) is 5.69. The van der Waals surface area contributed by atoms with Crippen LogP contribution in [0.15, 0.2) is 18.2 Å². The summed E-state index contributed by atoms with van der Waals surface area (Å²) in [6.45, 7) is 3.81. The van der Waals surface area contributed by atoms with Gasteiger partial charge in [0.1, 0.15) is 0 Å². The number of carboxylic acid groups (broad SMARTS) is 1. The van der Waals surface area contributed by atoms with Crippen LogP contribution in [0.3, 0.4) is 0 Å². The first-order chi connectivity index (χ1) is 7.91. The summed E-state index contributed by atoms with van der Waals surface area (Å²) in [7, 11) is 0. The molecule has 0 fully saturated rings. The van der Waals surface area contributed by atoms with E-state index in [9.17, 15) is 9.59 Å². The van der Waals surface area contributed by atoms with Gasteiger partial charge in [-0.1, -0.05) is 33.6 Å². The molecule has 1 N–H and O–H groups in total. The summed E-state index contributed by atoms with van der Waals surface area (Å²) in [5.74, 6) is -0.935. The molecule has 0 aromatic heterocycles. The Bertz CT molecular complexity index is 440. The number of hydrogen-bond acceptors (Lipinski definition) is 2. The number of benzene rings is 1. The Kier molecular flexibility index (Phi) is 4.87. The van der Waals surface area contributed by atoms with Gasteiger partial charge in [0.15, 0.2) is 5.78 Å². The van der Waals surface area contributed by atoms with E-state index in [1.54, 1.807) is 0 Å². The number of hydrogen-bond donors (Lipinski definition) is 1. The van der Waals surface area contributed by atoms with Gasteiger partial charge < -0.3 is 5.11 Å². The van der Waals surface area contributed by atoms with Crippen molar-refractivity contribution in [1.82, 2.24) is 0 Å². The lowest BCUT2D eigenvalue weighted by atomic mass is 9.99. The Labute approximate surface area is 109 Å². The quantitative estimate of drug-likeness (QED) is 0.671. The molecule has 0 amide bonds. The van der Waals surface area contributed by atoms with Gasteiger partial charge in [0.25, 0.3) is 0 Å². The van der Waals surface area contributed by atoms with Crippen molar-refractivity contribution in [2.45, 2.75) is 31.5 Å². The van der Waals surface area contributed by atoms with Crippen LogP contribution in [-0.4, -0.2) is 21.7 Å². The molecule has 0 bridgehead atoms. The standard InChI is InChI=1S/C13H15BrO3/c1-8-3-4-9(2)10(7-8)13(17)11(14)5-6-12(15)16/h3-4,7,11H,5-6H2,1-2H3,(H,15,16). The second kappa shape index (κ2) is 5.96. The Morgan fingerprint density at radius 3 is 2.59 bits per heavy atom. The molecular weight excluding hydrogens is 284 g/mol. The molecule has 1 aromatic rings. The number of carbonyl (C=O) groups excluding carboxylic acids is 1. The molecule has 1 aromatic carbocycles. The highest BCUT2D eigenvalue weighted by Crippen LogP contribution is 2.19. The van der Waals surface area contributed by atoms with E-state index < -0.39 is 10.8 Å². The minimum atomic E-state index is -0.886. The van der Waals surface area contributed by atoms with Gasteiger partial charge in [0, 0.05) is 12.0 Å². The van der Waals surface area contributed by atoms with E-state index in [0.29, 0.717) is 12.0 Å². The predicted molar refractivity (Wildman–Crippen MR) is 69.8 cm³/mol. The van der Waals surface area contributed by atoms with Crippen LogP contribution in [0.1, 0.15) is 34.3 Å². The highest BCUT2D eigenvalue weighted by atomic mass is 79.9. The molecular formula is C13H15BrO3. The fraction of sp³-hybridized carbons (Fsp3) is 0.385. The Balaban J connectivity index is 2.81. The van der Waals surface area contributed by atoms with E-state index in [1.807, 2.05) is 32.0 Å². The molecule has 17 heavy (non-hydrogen) atoms. The number of carboxylic acids is 1. The molecule has 4 heteroatoms. The lowest BCUT2D eigenvalue weighted by Gasteiger charge is -2.10. The van der Waals surface area contributed by atoms with Gasteiger partial charge in [0.05, 0.1) is 4.83 Å². The van der Waals surface area contributed by atoms with E-state index in [1.165, 1.54) is 0 Å². The number of aryl methyl sites for hydroxylation is 2. The zero-order valence-corrected chi connectivity index (χ0v) is 11.5. The maximum Gasteiger partial charge on any atom is 0.303 e. The zero-order valence-electron chi connectivity index (χ0n) is 9.87. The third-order valence-corrected chi connectivity index (χ3v) is 3.43. The number of halogens is 1. The van der Waals surface area contributed by atoms with E-state index in [2.05, 4.69) is 15.9 Å². The van der Waals surface area contributed by atoms with E-state index in [-0.39, 0.29) is 12.2 Å². The third kappa shape index (κ3) is 3.97. The van der Waals surface area contributed by atoms with Crippen molar-refractivity contribution in [3.63, 3.8) is 0 Å². The molecule has 0 aliphatic rings. The summed E-state index contributed by atoms with van der Waals surface area (Å²) in [5.41, 5.74) is 2.61. The number of ketones is 1. The van der Waals surface area contributed by atoms with Crippen LogP contribution >= 0.6 is 15.9 Å². The van der Waals surface area contributed by atoms with Crippen LogP contribution in [0.25, 0.3) is 0 Å². The highest BCUT2D eigenvalue weighted by Gasteiger charge is 2.19. The zero-order chi connectivity index (χ0) is 13.0. The third-order valence-electron chi connectivity index (χ3n) is 2.55. The SMILES string of the molecule is Cc1ccc(C)c(C(=O)C(Br)CCC(=O)O)c1. The van der Waals surface area contributed by atoms with Crippen molar-refractivity contribution in [3.05, 3.63) is 34.9 Å². The van der Waals surface area contributed by atoms with Crippen LogP contribution in [0.4, 0.5) is 0 Å². The van der Waals surface area contributed by atoms with Crippen molar-refractivity contribution < 1.29 is 14.7 Å². The molecule has 0 spiro atoms. The first-order valence-corrected chi connectivity index (χ1v) is 6.30. The average Bonchev–Trinajstić information content (AvgIpc) is 2.28. The van der Waals surface area contributed by atoms with Crippen LogP contribution in [0, 0.1) is 13.8 Å². The average molecular weight is 299 g/mol. The highest BCUT2D eigenvalue weighted by molar-refractivity contribution is 9.10. The molecule has 1 rings (SSSR count). The number of aliphatic carboxylic acids is 1. The molecule has 1 unspecified atom stereocenters. The Morgan fingerprint density at radius 1 is 1.35 bits per heavy atom. The normalized spacial score (nSPS) is 12.2. The maximum atomic E-state index is 12.1. The molecule has 0 aliphatic heterocycles. The predicted octanol–water partition coefficient (Wildman–Crippen LogP) is 3.11. The van der Waals surface area contributed by atoms with Crippen LogP contribution in [0.5, 0.6) is 0 Å². The van der Waals surface area contributed by atoms with Gasteiger partial charge >= 0.3 is 5.97 Å². The topological polar surface area (TPSA) is 54.4 Å². The Hall–Kier alpha value is -1.16.